The Bertz CT molecular complexity index is 530. The van der Waals surface area contributed by atoms with Crippen molar-refractivity contribution in [2.45, 2.75) is 25.4 Å². The Morgan fingerprint density at radius 2 is 2.30 bits per heavy atom. The van der Waals surface area contributed by atoms with Gasteiger partial charge in [0.05, 0.1) is 25.3 Å². The van der Waals surface area contributed by atoms with Crippen molar-refractivity contribution in [3.05, 3.63) is 29.6 Å². The third kappa shape index (κ3) is 2.15. The van der Waals surface area contributed by atoms with Crippen molar-refractivity contribution >= 4 is 0 Å². The fourth-order valence-corrected chi connectivity index (χ4v) is 2.76. The molecule has 1 fully saturated rings. The molecule has 0 spiro atoms. The summed E-state index contributed by atoms with van der Waals surface area (Å²) in [5, 5.41) is 20.5. The lowest BCUT2D eigenvalue weighted by molar-refractivity contribution is -0.115. The predicted molar refractivity (Wildman–Crippen MR) is 70.6 cm³/mol. The minimum atomic E-state index is -1.70. The van der Waals surface area contributed by atoms with E-state index in [2.05, 4.69) is 6.07 Å². The molecule has 0 saturated carbocycles. The van der Waals surface area contributed by atoms with E-state index < -0.39 is 16.8 Å². The van der Waals surface area contributed by atoms with Gasteiger partial charge >= 0.3 is 0 Å². The normalized spacial score (nSPS) is 25.6. The summed E-state index contributed by atoms with van der Waals surface area (Å²) < 4.78 is 24.7. The average Bonchev–Trinajstić information content (AvgIpc) is 2.47. The summed E-state index contributed by atoms with van der Waals surface area (Å²) in [5.74, 6) is -0.357. The highest BCUT2D eigenvalue weighted by Crippen LogP contribution is 2.48. The van der Waals surface area contributed by atoms with E-state index in [-0.39, 0.29) is 17.9 Å². The number of hydrogen-bond donors (Lipinski definition) is 1. The molecule has 1 aliphatic rings. The Balaban J connectivity index is 2.57. The fraction of sp³-hybridized carbons (Fsp3) is 0.533. The van der Waals surface area contributed by atoms with Crippen LogP contribution in [0.2, 0.25) is 0 Å². The van der Waals surface area contributed by atoms with Crippen LogP contribution in [0.4, 0.5) is 4.39 Å². The largest absolute Gasteiger partial charge is 0.496 e. The Morgan fingerprint density at radius 3 is 2.85 bits per heavy atom. The summed E-state index contributed by atoms with van der Waals surface area (Å²) in [6, 6.07) is 6.46. The first-order valence-corrected chi connectivity index (χ1v) is 6.53. The van der Waals surface area contributed by atoms with Gasteiger partial charge in [0, 0.05) is 6.61 Å². The second kappa shape index (κ2) is 5.39. The fourth-order valence-electron chi connectivity index (χ4n) is 2.76. The predicted octanol–water partition coefficient (Wildman–Crippen LogP) is 2.36. The van der Waals surface area contributed by atoms with Gasteiger partial charge in [-0.1, -0.05) is 6.07 Å². The molecule has 0 radical (unpaired) electrons. The summed E-state index contributed by atoms with van der Waals surface area (Å²) in [6.07, 6.45) is 1.11. The maximum absolute atomic E-state index is 14.2. The van der Waals surface area contributed by atoms with Crippen molar-refractivity contribution in [3.8, 4) is 11.8 Å². The number of nitriles is 1. The third-order valence-corrected chi connectivity index (χ3v) is 4.07. The Hall–Kier alpha value is -1.64. The smallest absolute Gasteiger partial charge is 0.133 e. The minimum Gasteiger partial charge on any atom is -0.496 e. The maximum atomic E-state index is 14.2. The van der Waals surface area contributed by atoms with Gasteiger partial charge < -0.3 is 14.6 Å². The lowest BCUT2D eigenvalue weighted by Gasteiger charge is -2.43. The van der Waals surface area contributed by atoms with E-state index in [1.807, 2.05) is 0 Å². The molecule has 4 nitrogen and oxygen atoms in total. The van der Waals surface area contributed by atoms with Crippen molar-refractivity contribution in [3.63, 3.8) is 0 Å². The van der Waals surface area contributed by atoms with Gasteiger partial charge in [-0.2, -0.15) is 5.26 Å². The van der Waals surface area contributed by atoms with E-state index in [1.165, 1.54) is 26.2 Å². The molecule has 1 aromatic rings. The first-order valence-electron chi connectivity index (χ1n) is 6.53. The molecule has 1 aromatic carbocycles. The van der Waals surface area contributed by atoms with E-state index >= 15 is 0 Å². The van der Waals surface area contributed by atoms with Gasteiger partial charge in [-0.05, 0) is 31.9 Å². The Kier molecular flexibility index (Phi) is 3.98. The highest BCUT2D eigenvalue weighted by Gasteiger charge is 2.52. The molecular weight excluding hydrogens is 261 g/mol. The number of methoxy groups -OCH3 is 1. The molecule has 2 unspecified atom stereocenters. The zero-order valence-corrected chi connectivity index (χ0v) is 11.6. The van der Waals surface area contributed by atoms with Crippen LogP contribution in [0.3, 0.4) is 0 Å². The first kappa shape index (κ1) is 14.8. The monoisotopic (exact) mass is 279 g/mol. The molecule has 0 amide bonds. The van der Waals surface area contributed by atoms with E-state index in [0.717, 1.165) is 0 Å². The molecule has 0 bridgehead atoms. The zero-order chi connectivity index (χ0) is 14.8. The summed E-state index contributed by atoms with van der Waals surface area (Å²) in [6.45, 7) is 2.08. The van der Waals surface area contributed by atoms with Crippen LogP contribution in [0.1, 0.15) is 25.3 Å². The first-order chi connectivity index (χ1) is 9.48. The number of halogens is 1. The molecule has 1 N–H and O–H groups in total. The molecule has 108 valence electrons. The number of rotatable bonds is 3. The van der Waals surface area contributed by atoms with Gasteiger partial charge in [-0.15, -0.1) is 0 Å². The molecular formula is C15H18FNO3. The molecule has 20 heavy (non-hydrogen) atoms. The molecule has 1 aliphatic heterocycles. The highest BCUT2D eigenvalue weighted by molar-refractivity contribution is 5.41. The van der Waals surface area contributed by atoms with Crippen LogP contribution in [0.5, 0.6) is 5.75 Å². The van der Waals surface area contributed by atoms with Crippen LogP contribution in [-0.4, -0.2) is 25.4 Å². The summed E-state index contributed by atoms with van der Waals surface area (Å²) >= 11 is 0. The second-order valence-electron chi connectivity index (χ2n) is 5.24. The van der Waals surface area contributed by atoms with E-state index in [0.29, 0.717) is 19.4 Å². The lowest BCUT2D eigenvalue weighted by atomic mass is 9.67. The third-order valence-electron chi connectivity index (χ3n) is 4.07. The van der Waals surface area contributed by atoms with Crippen molar-refractivity contribution in [1.82, 2.24) is 0 Å². The highest BCUT2D eigenvalue weighted by atomic mass is 19.1. The van der Waals surface area contributed by atoms with Gasteiger partial charge in [-0.3, -0.25) is 0 Å². The van der Waals surface area contributed by atoms with Gasteiger partial charge in [-0.25, -0.2) is 4.39 Å². The van der Waals surface area contributed by atoms with Crippen molar-refractivity contribution in [1.29, 1.82) is 5.26 Å². The van der Waals surface area contributed by atoms with Crippen molar-refractivity contribution in [2.75, 3.05) is 20.3 Å². The van der Waals surface area contributed by atoms with Crippen LogP contribution in [0, 0.1) is 22.6 Å². The van der Waals surface area contributed by atoms with Crippen LogP contribution in [0.25, 0.3) is 0 Å². The van der Waals surface area contributed by atoms with Crippen LogP contribution < -0.4 is 4.74 Å². The number of aliphatic hydroxyl groups is 1. The van der Waals surface area contributed by atoms with E-state index in [9.17, 15) is 14.8 Å². The topological polar surface area (TPSA) is 62.5 Å². The van der Waals surface area contributed by atoms with Gasteiger partial charge in [0.15, 0.2) is 0 Å². The van der Waals surface area contributed by atoms with Gasteiger partial charge in [0.1, 0.15) is 22.6 Å². The molecule has 0 aliphatic carbocycles. The maximum Gasteiger partial charge on any atom is 0.133 e. The zero-order valence-electron chi connectivity index (χ0n) is 11.6. The number of nitrogens with zero attached hydrogens (tertiary/aromatic N) is 1. The summed E-state index contributed by atoms with van der Waals surface area (Å²) in [5.41, 5.74) is -2.87. The second-order valence-corrected chi connectivity index (χ2v) is 5.24. The number of ether oxygens (including phenoxy) is 2. The summed E-state index contributed by atoms with van der Waals surface area (Å²) in [7, 11) is 1.41. The SMILES string of the molecule is COc1cccc(F)c1C(C)(O)C1(C#N)CCCOC1. The Labute approximate surface area is 117 Å². The molecule has 2 rings (SSSR count). The Morgan fingerprint density at radius 1 is 1.55 bits per heavy atom. The van der Waals surface area contributed by atoms with Crippen molar-refractivity contribution < 1.29 is 19.0 Å². The standard InChI is InChI=1S/C15H18FNO3/c1-14(18,15(9-17)7-4-8-20-10-15)13-11(16)5-3-6-12(13)19-2/h3,5-6,18H,4,7-8,10H2,1-2H3. The van der Waals surface area contributed by atoms with E-state index in [4.69, 9.17) is 9.47 Å². The van der Waals surface area contributed by atoms with Gasteiger partial charge in [0.25, 0.3) is 0 Å². The van der Waals surface area contributed by atoms with E-state index in [1.54, 1.807) is 6.07 Å². The molecule has 1 heterocycles. The van der Waals surface area contributed by atoms with Gasteiger partial charge in [0.2, 0.25) is 0 Å². The number of hydrogen-bond acceptors (Lipinski definition) is 4. The average molecular weight is 279 g/mol. The molecule has 0 aromatic heterocycles. The van der Waals surface area contributed by atoms with Crippen molar-refractivity contribution in [2.24, 2.45) is 5.41 Å². The molecule has 1 saturated heterocycles. The molecule has 5 heteroatoms. The lowest BCUT2D eigenvalue weighted by Crippen LogP contribution is -2.48. The minimum absolute atomic E-state index is 0.00884. The molecule has 2 atom stereocenters. The summed E-state index contributed by atoms with van der Waals surface area (Å²) in [4.78, 5) is 0. The quantitative estimate of drug-likeness (QED) is 0.922. The van der Waals surface area contributed by atoms with Crippen LogP contribution >= 0.6 is 0 Å². The number of benzene rings is 1. The van der Waals surface area contributed by atoms with Crippen LogP contribution in [0.15, 0.2) is 18.2 Å². The van der Waals surface area contributed by atoms with Crippen LogP contribution in [-0.2, 0) is 10.3 Å².